The number of nitrogens with zero attached hydrogens (tertiary/aromatic N) is 2. The lowest BCUT2D eigenvalue weighted by Gasteiger charge is -2.23. The lowest BCUT2D eigenvalue weighted by molar-refractivity contribution is -0.140. The van der Waals surface area contributed by atoms with E-state index in [4.69, 9.17) is 10.00 Å². The first-order valence-electron chi connectivity index (χ1n) is 8.24. The van der Waals surface area contributed by atoms with Crippen molar-refractivity contribution in [2.24, 2.45) is 0 Å². The van der Waals surface area contributed by atoms with Crippen LogP contribution in [0.4, 0.5) is 0 Å². The third-order valence-corrected chi connectivity index (χ3v) is 4.22. The Morgan fingerprint density at radius 3 is 2.24 bits per heavy atom. The zero-order valence-electron chi connectivity index (χ0n) is 13.7. The smallest absolute Gasteiger partial charge is 0.339 e. The van der Waals surface area contributed by atoms with Crippen LogP contribution in [0, 0.1) is 11.3 Å². The van der Waals surface area contributed by atoms with Crippen LogP contribution in [0.15, 0.2) is 54.6 Å². The number of hydrogen-bond donors (Lipinski definition) is 0. The van der Waals surface area contributed by atoms with E-state index in [-0.39, 0.29) is 5.91 Å². The van der Waals surface area contributed by atoms with E-state index in [2.05, 4.69) is 0 Å². The van der Waals surface area contributed by atoms with Crippen LogP contribution in [0.1, 0.15) is 40.4 Å². The van der Waals surface area contributed by atoms with Gasteiger partial charge in [-0.05, 0) is 37.1 Å². The molecule has 2 aromatic rings. The molecule has 0 bridgehead atoms. The van der Waals surface area contributed by atoms with E-state index in [1.807, 2.05) is 24.3 Å². The second-order valence-electron chi connectivity index (χ2n) is 5.92. The summed E-state index contributed by atoms with van der Waals surface area (Å²) in [7, 11) is 0. The average Bonchev–Trinajstić information content (AvgIpc) is 3.21. The second kappa shape index (κ2) is 7.63. The van der Waals surface area contributed by atoms with E-state index >= 15 is 0 Å². The Labute approximate surface area is 146 Å². The predicted molar refractivity (Wildman–Crippen MR) is 91.6 cm³/mol. The molecule has 1 amide bonds. The average molecular weight is 334 g/mol. The van der Waals surface area contributed by atoms with Crippen LogP contribution in [-0.2, 0) is 9.53 Å². The van der Waals surface area contributed by atoms with Gasteiger partial charge in [0, 0.05) is 18.7 Å². The molecule has 1 heterocycles. The second-order valence-corrected chi connectivity index (χ2v) is 5.92. The molecule has 3 rings (SSSR count). The van der Waals surface area contributed by atoms with Crippen LogP contribution in [0.2, 0.25) is 0 Å². The van der Waals surface area contributed by atoms with Crippen molar-refractivity contribution in [2.45, 2.75) is 18.9 Å². The van der Waals surface area contributed by atoms with Crippen LogP contribution < -0.4 is 0 Å². The van der Waals surface area contributed by atoms with E-state index < -0.39 is 12.1 Å². The van der Waals surface area contributed by atoms with E-state index in [0.717, 1.165) is 12.8 Å². The highest BCUT2D eigenvalue weighted by atomic mass is 16.5. The van der Waals surface area contributed by atoms with Gasteiger partial charge in [0.25, 0.3) is 5.91 Å². The van der Waals surface area contributed by atoms with Gasteiger partial charge < -0.3 is 9.64 Å². The first-order chi connectivity index (χ1) is 12.2. The van der Waals surface area contributed by atoms with E-state index in [1.165, 1.54) is 12.1 Å². The van der Waals surface area contributed by atoms with Crippen molar-refractivity contribution >= 4 is 11.9 Å². The summed E-state index contributed by atoms with van der Waals surface area (Å²) in [6.07, 6.45) is 0.982. The largest absolute Gasteiger partial charge is 0.444 e. The van der Waals surface area contributed by atoms with Crippen LogP contribution >= 0.6 is 0 Å². The number of esters is 1. The Morgan fingerprint density at radius 1 is 1.00 bits per heavy atom. The van der Waals surface area contributed by atoms with Gasteiger partial charge in [0.1, 0.15) is 0 Å². The number of benzene rings is 2. The maximum atomic E-state index is 12.8. The quantitative estimate of drug-likeness (QED) is 0.806. The van der Waals surface area contributed by atoms with Crippen molar-refractivity contribution in [3.8, 4) is 6.07 Å². The van der Waals surface area contributed by atoms with Crippen molar-refractivity contribution in [1.29, 1.82) is 5.26 Å². The Bertz CT molecular complexity index is 788. The Hall–Kier alpha value is -3.13. The van der Waals surface area contributed by atoms with Crippen LogP contribution in [-0.4, -0.2) is 29.9 Å². The van der Waals surface area contributed by atoms with Gasteiger partial charge in [0.05, 0.1) is 17.2 Å². The van der Waals surface area contributed by atoms with Gasteiger partial charge in [-0.1, -0.05) is 30.3 Å². The molecular formula is C20H18N2O3. The summed E-state index contributed by atoms with van der Waals surface area (Å²) < 4.78 is 5.56. The normalized spacial score (nSPS) is 14.6. The molecule has 1 saturated heterocycles. The molecule has 0 saturated carbocycles. The molecule has 1 fully saturated rings. The van der Waals surface area contributed by atoms with E-state index in [9.17, 15) is 9.59 Å². The number of ether oxygens (including phenoxy) is 1. The molecule has 0 unspecified atom stereocenters. The maximum Gasteiger partial charge on any atom is 0.339 e. The summed E-state index contributed by atoms with van der Waals surface area (Å²) in [5.74, 6) is -0.767. The molecule has 5 heteroatoms. The highest BCUT2D eigenvalue weighted by Crippen LogP contribution is 2.24. The van der Waals surface area contributed by atoms with Gasteiger partial charge in [0.15, 0.2) is 0 Å². The fourth-order valence-electron chi connectivity index (χ4n) is 2.85. The minimum absolute atomic E-state index is 0.189. The van der Waals surface area contributed by atoms with Gasteiger partial charge in [-0.3, -0.25) is 4.79 Å². The minimum Gasteiger partial charge on any atom is -0.444 e. The molecule has 0 aromatic heterocycles. The molecule has 25 heavy (non-hydrogen) atoms. The van der Waals surface area contributed by atoms with Gasteiger partial charge in [-0.25, -0.2) is 4.79 Å². The van der Waals surface area contributed by atoms with Crippen molar-refractivity contribution in [3.63, 3.8) is 0 Å². The van der Waals surface area contributed by atoms with Gasteiger partial charge in [0.2, 0.25) is 6.10 Å². The Balaban J connectivity index is 1.82. The molecule has 1 aliphatic heterocycles. The minimum atomic E-state index is -0.956. The lowest BCUT2D eigenvalue weighted by atomic mass is 10.1. The zero-order valence-corrected chi connectivity index (χ0v) is 13.7. The molecule has 0 radical (unpaired) electrons. The van der Waals surface area contributed by atoms with Crippen molar-refractivity contribution in [2.75, 3.05) is 13.1 Å². The molecule has 1 aliphatic rings. The van der Waals surface area contributed by atoms with Gasteiger partial charge in [-0.15, -0.1) is 0 Å². The van der Waals surface area contributed by atoms with Gasteiger partial charge in [-0.2, -0.15) is 5.26 Å². The molecular weight excluding hydrogens is 316 g/mol. The van der Waals surface area contributed by atoms with Crippen LogP contribution in [0.3, 0.4) is 0 Å². The third-order valence-electron chi connectivity index (χ3n) is 4.22. The summed E-state index contributed by atoms with van der Waals surface area (Å²) in [4.78, 5) is 27.0. The first-order valence-corrected chi connectivity index (χ1v) is 8.24. The Morgan fingerprint density at radius 2 is 1.64 bits per heavy atom. The van der Waals surface area contributed by atoms with E-state index in [0.29, 0.717) is 29.8 Å². The third kappa shape index (κ3) is 3.86. The standard InChI is InChI=1S/C20H18N2O3/c21-14-15-8-10-17(11-9-15)20(24)25-18(16-6-2-1-3-7-16)19(23)22-12-4-5-13-22/h1-3,6-11,18H,4-5,12-13H2/t18-/m1/s1. The van der Waals surface area contributed by atoms with Gasteiger partial charge >= 0.3 is 5.97 Å². The molecule has 2 aromatic carbocycles. The van der Waals surface area contributed by atoms with Crippen molar-refractivity contribution in [1.82, 2.24) is 4.90 Å². The molecule has 0 N–H and O–H groups in total. The fraction of sp³-hybridized carbons (Fsp3) is 0.250. The van der Waals surface area contributed by atoms with Crippen molar-refractivity contribution in [3.05, 3.63) is 71.3 Å². The molecule has 0 spiro atoms. The summed E-state index contributed by atoms with van der Waals surface area (Å²) in [6, 6.07) is 17.2. The number of amides is 1. The van der Waals surface area contributed by atoms with Crippen LogP contribution in [0.25, 0.3) is 0 Å². The number of nitriles is 1. The predicted octanol–water partition coefficient (Wildman–Crippen LogP) is 3.08. The van der Waals surface area contributed by atoms with Crippen LogP contribution in [0.5, 0.6) is 0 Å². The summed E-state index contributed by atoms with van der Waals surface area (Å²) in [5.41, 5.74) is 1.43. The molecule has 0 aliphatic carbocycles. The van der Waals surface area contributed by atoms with E-state index in [1.54, 1.807) is 29.2 Å². The number of likely N-dealkylation sites (tertiary alicyclic amines) is 1. The zero-order chi connectivity index (χ0) is 17.6. The molecule has 126 valence electrons. The Kier molecular flexibility index (Phi) is 5.10. The van der Waals surface area contributed by atoms with Crippen molar-refractivity contribution < 1.29 is 14.3 Å². The summed E-state index contributed by atoms with van der Waals surface area (Å²) >= 11 is 0. The number of carbonyl (C=O) groups is 2. The maximum absolute atomic E-state index is 12.8. The number of rotatable bonds is 4. The highest BCUT2D eigenvalue weighted by Gasteiger charge is 2.31. The fourth-order valence-corrected chi connectivity index (χ4v) is 2.85. The topological polar surface area (TPSA) is 70.4 Å². The summed E-state index contributed by atoms with van der Waals surface area (Å²) in [6.45, 7) is 1.38. The first kappa shape index (κ1) is 16.7. The summed E-state index contributed by atoms with van der Waals surface area (Å²) in [5, 5.41) is 8.84. The monoisotopic (exact) mass is 334 g/mol. The molecule has 1 atom stereocenters. The SMILES string of the molecule is N#Cc1ccc(C(=O)O[C@@H](C(=O)N2CCCC2)c2ccccc2)cc1. The number of hydrogen-bond acceptors (Lipinski definition) is 4. The highest BCUT2D eigenvalue weighted by molar-refractivity contribution is 5.92. The number of carbonyl (C=O) groups excluding carboxylic acids is 2. The lowest BCUT2D eigenvalue weighted by Crippen LogP contribution is -2.34. The molecule has 5 nitrogen and oxygen atoms in total.